The maximum absolute atomic E-state index is 14.3. The lowest BCUT2D eigenvalue weighted by Crippen LogP contribution is -2.38. The van der Waals surface area contributed by atoms with Crippen LogP contribution in [0, 0.1) is 11.7 Å². The Bertz CT molecular complexity index is 923. The number of ether oxygens (including phenoxy) is 1. The third-order valence-electron chi connectivity index (χ3n) is 5.52. The molecule has 4 rings (SSSR count). The van der Waals surface area contributed by atoms with Crippen molar-refractivity contribution in [3.05, 3.63) is 52.8 Å². The summed E-state index contributed by atoms with van der Waals surface area (Å²) in [6.45, 7) is -0.145. The maximum atomic E-state index is 14.3. The predicted molar refractivity (Wildman–Crippen MR) is 110 cm³/mol. The van der Waals surface area contributed by atoms with Gasteiger partial charge in [-0.05, 0) is 43.2 Å². The zero-order valence-electron chi connectivity index (χ0n) is 15.9. The molecule has 0 aromatic heterocycles. The minimum absolute atomic E-state index is 0.00333. The Morgan fingerprint density at radius 3 is 2.76 bits per heavy atom. The van der Waals surface area contributed by atoms with Gasteiger partial charge < -0.3 is 15.0 Å². The summed E-state index contributed by atoms with van der Waals surface area (Å²) >= 11 is 6.14. The second-order valence-corrected chi connectivity index (χ2v) is 7.88. The highest BCUT2D eigenvalue weighted by atomic mass is 35.5. The third kappa shape index (κ3) is 4.22. The average Bonchev–Trinajstić information content (AvgIpc) is 2.73. The molecule has 5 nitrogen and oxygen atoms in total. The molecule has 0 saturated heterocycles. The van der Waals surface area contributed by atoms with Gasteiger partial charge in [0.05, 0.1) is 12.2 Å². The van der Waals surface area contributed by atoms with E-state index in [0.717, 1.165) is 25.7 Å². The van der Waals surface area contributed by atoms with Gasteiger partial charge in [0, 0.05) is 22.2 Å². The molecule has 0 unspecified atom stereocenters. The number of fused-ring (bicyclic) bond motifs is 1. The van der Waals surface area contributed by atoms with E-state index < -0.39 is 5.82 Å². The minimum Gasteiger partial charge on any atom is -0.482 e. The lowest BCUT2D eigenvalue weighted by atomic mass is 9.88. The number of carbonyl (C=O) groups is 2. The second kappa shape index (κ2) is 8.41. The van der Waals surface area contributed by atoms with Crippen molar-refractivity contribution in [2.45, 2.75) is 38.6 Å². The Kier molecular flexibility index (Phi) is 5.72. The van der Waals surface area contributed by atoms with Crippen molar-refractivity contribution in [2.75, 3.05) is 16.8 Å². The Morgan fingerprint density at radius 2 is 2.00 bits per heavy atom. The molecule has 152 valence electrons. The SMILES string of the molecule is O=C(Nc1ccc2c(c1)N(Cc1c(F)cccc1Cl)C(=O)CO2)C1CCCCC1. The molecule has 2 aromatic rings. The van der Waals surface area contributed by atoms with Crippen LogP contribution >= 0.6 is 11.6 Å². The van der Waals surface area contributed by atoms with Gasteiger partial charge in [-0.3, -0.25) is 9.59 Å². The standard InChI is InChI=1S/C22H22ClFN2O3/c23-17-7-4-8-18(24)16(17)12-26-19-11-15(9-10-20(19)29-13-21(26)27)25-22(28)14-5-2-1-3-6-14/h4,7-11,14H,1-3,5-6,12-13H2,(H,25,28). The van der Waals surface area contributed by atoms with Gasteiger partial charge in [0.15, 0.2) is 6.61 Å². The molecular formula is C22H22ClFN2O3. The number of nitrogens with one attached hydrogen (secondary N) is 1. The van der Waals surface area contributed by atoms with Crippen molar-refractivity contribution >= 4 is 34.8 Å². The molecule has 2 aliphatic rings. The molecule has 1 heterocycles. The van der Waals surface area contributed by atoms with Gasteiger partial charge in [0.2, 0.25) is 5.91 Å². The van der Waals surface area contributed by atoms with E-state index in [4.69, 9.17) is 16.3 Å². The number of hydrogen-bond acceptors (Lipinski definition) is 3. The Labute approximate surface area is 173 Å². The number of hydrogen-bond donors (Lipinski definition) is 1. The smallest absolute Gasteiger partial charge is 0.265 e. The summed E-state index contributed by atoms with van der Waals surface area (Å²) in [6, 6.07) is 9.59. The molecule has 2 aromatic carbocycles. The fraction of sp³-hybridized carbons (Fsp3) is 0.364. The van der Waals surface area contributed by atoms with Crippen LogP contribution in [-0.2, 0) is 16.1 Å². The molecule has 0 spiro atoms. The van der Waals surface area contributed by atoms with Crippen LogP contribution in [0.3, 0.4) is 0 Å². The van der Waals surface area contributed by atoms with Crippen molar-refractivity contribution in [3.8, 4) is 5.75 Å². The van der Waals surface area contributed by atoms with Crippen molar-refractivity contribution in [1.82, 2.24) is 0 Å². The van der Waals surface area contributed by atoms with E-state index in [1.54, 1.807) is 24.3 Å². The van der Waals surface area contributed by atoms with E-state index in [0.29, 0.717) is 17.1 Å². The molecule has 1 aliphatic heterocycles. The van der Waals surface area contributed by atoms with Crippen LogP contribution < -0.4 is 15.0 Å². The fourth-order valence-electron chi connectivity index (χ4n) is 3.90. The zero-order valence-corrected chi connectivity index (χ0v) is 16.7. The van der Waals surface area contributed by atoms with Crippen LogP contribution in [0.25, 0.3) is 0 Å². The van der Waals surface area contributed by atoms with Gasteiger partial charge in [-0.25, -0.2) is 4.39 Å². The second-order valence-electron chi connectivity index (χ2n) is 7.48. The summed E-state index contributed by atoms with van der Waals surface area (Å²) in [7, 11) is 0. The predicted octanol–water partition coefficient (Wildman–Crippen LogP) is 4.92. The molecule has 29 heavy (non-hydrogen) atoms. The van der Waals surface area contributed by atoms with E-state index >= 15 is 0 Å². The highest BCUT2D eigenvalue weighted by molar-refractivity contribution is 6.31. The van der Waals surface area contributed by atoms with E-state index in [1.807, 2.05) is 0 Å². The van der Waals surface area contributed by atoms with E-state index in [2.05, 4.69) is 5.32 Å². The van der Waals surface area contributed by atoms with Gasteiger partial charge in [-0.2, -0.15) is 0 Å². The number of rotatable bonds is 4. The first kappa shape index (κ1) is 19.7. The first-order valence-corrected chi connectivity index (χ1v) is 10.2. The monoisotopic (exact) mass is 416 g/mol. The van der Waals surface area contributed by atoms with Crippen LogP contribution in [0.4, 0.5) is 15.8 Å². The highest BCUT2D eigenvalue weighted by Crippen LogP contribution is 2.37. The largest absolute Gasteiger partial charge is 0.482 e. The van der Waals surface area contributed by atoms with Gasteiger partial charge in [0.25, 0.3) is 5.91 Å². The van der Waals surface area contributed by atoms with Crippen LogP contribution in [0.2, 0.25) is 5.02 Å². The molecule has 0 radical (unpaired) electrons. The fourth-order valence-corrected chi connectivity index (χ4v) is 4.13. The van der Waals surface area contributed by atoms with Crippen LogP contribution in [0.5, 0.6) is 5.75 Å². The quantitative estimate of drug-likeness (QED) is 0.769. The van der Waals surface area contributed by atoms with Crippen LogP contribution in [-0.4, -0.2) is 18.4 Å². The van der Waals surface area contributed by atoms with Crippen LogP contribution in [0.15, 0.2) is 36.4 Å². The topological polar surface area (TPSA) is 58.6 Å². The van der Waals surface area contributed by atoms with E-state index in [1.165, 1.54) is 23.5 Å². The van der Waals surface area contributed by atoms with Crippen molar-refractivity contribution < 1.29 is 18.7 Å². The summed E-state index contributed by atoms with van der Waals surface area (Å²) < 4.78 is 19.8. The molecule has 2 amide bonds. The molecule has 0 bridgehead atoms. The molecule has 7 heteroatoms. The number of amides is 2. The van der Waals surface area contributed by atoms with Crippen molar-refractivity contribution in [3.63, 3.8) is 0 Å². The summed E-state index contributed by atoms with van der Waals surface area (Å²) in [5.41, 5.74) is 1.32. The summed E-state index contributed by atoms with van der Waals surface area (Å²) in [6.07, 6.45) is 5.12. The number of carbonyl (C=O) groups excluding carboxylic acids is 2. The first-order valence-electron chi connectivity index (χ1n) is 9.84. The Balaban J connectivity index is 1.59. The van der Waals surface area contributed by atoms with Gasteiger partial charge in [-0.1, -0.05) is 36.9 Å². The number of halogens is 2. The molecule has 1 saturated carbocycles. The number of anilines is 2. The first-order chi connectivity index (χ1) is 14.0. The Hall–Kier alpha value is -2.60. The molecule has 0 atom stereocenters. The molecule has 1 aliphatic carbocycles. The molecular weight excluding hydrogens is 395 g/mol. The van der Waals surface area contributed by atoms with Crippen LogP contribution in [0.1, 0.15) is 37.7 Å². The minimum atomic E-state index is -0.472. The van der Waals surface area contributed by atoms with E-state index in [-0.39, 0.29) is 41.5 Å². The summed E-state index contributed by atoms with van der Waals surface area (Å²) in [5.74, 6) is -0.247. The summed E-state index contributed by atoms with van der Waals surface area (Å²) in [5, 5.41) is 3.21. The molecule has 1 N–H and O–H groups in total. The van der Waals surface area contributed by atoms with Gasteiger partial charge >= 0.3 is 0 Å². The maximum Gasteiger partial charge on any atom is 0.265 e. The summed E-state index contributed by atoms with van der Waals surface area (Å²) in [4.78, 5) is 26.5. The van der Waals surface area contributed by atoms with Crippen molar-refractivity contribution in [2.24, 2.45) is 5.92 Å². The van der Waals surface area contributed by atoms with Gasteiger partial charge in [-0.15, -0.1) is 0 Å². The highest BCUT2D eigenvalue weighted by Gasteiger charge is 2.28. The van der Waals surface area contributed by atoms with E-state index in [9.17, 15) is 14.0 Å². The lowest BCUT2D eigenvalue weighted by Gasteiger charge is -2.30. The third-order valence-corrected chi connectivity index (χ3v) is 5.88. The molecule has 1 fully saturated rings. The average molecular weight is 417 g/mol. The Morgan fingerprint density at radius 1 is 1.21 bits per heavy atom. The van der Waals surface area contributed by atoms with Crippen molar-refractivity contribution in [1.29, 1.82) is 0 Å². The lowest BCUT2D eigenvalue weighted by molar-refractivity contribution is -0.121. The zero-order chi connectivity index (χ0) is 20.4. The normalized spacial score (nSPS) is 16.9. The number of benzene rings is 2. The van der Waals surface area contributed by atoms with Gasteiger partial charge in [0.1, 0.15) is 11.6 Å². The number of nitrogens with zero attached hydrogens (tertiary/aromatic N) is 1.